The van der Waals surface area contributed by atoms with E-state index in [9.17, 15) is 9.18 Å². The monoisotopic (exact) mass is 336 g/mol. The fourth-order valence-corrected chi connectivity index (χ4v) is 2.05. The zero-order chi connectivity index (χ0) is 16.5. The Balaban J connectivity index is 1.57. The van der Waals surface area contributed by atoms with Crippen molar-refractivity contribution < 1.29 is 13.9 Å². The molecule has 4 nitrogen and oxygen atoms in total. The minimum absolute atomic E-state index is 0.262. The van der Waals surface area contributed by atoms with Gasteiger partial charge in [0, 0.05) is 17.6 Å². The lowest BCUT2D eigenvalue weighted by Crippen LogP contribution is -2.38. The maximum Gasteiger partial charge on any atom is 0.314 e. The maximum atomic E-state index is 12.9. The standard InChI is InChI=1S/C17H18ClFN2O2/c18-14-6-4-13(5-7-14)8-9-20-17(22)21-10-11-23-16-3-1-2-15(19)12-16/h1-7,12H,8-11H2,(H2,20,21,22). The first-order valence-electron chi connectivity index (χ1n) is 7.28. The first-order chi connectivity index (χ1) is 11.1. The van der Waals surface area contributed by atoms with Crippen molar-refractivity contribution in [1.29, 1.82) is 0 Å². The molecule has 0 aromatic heterocycles. The topological polar surface area (TPSA) is 50.4 Å². The van der Waals surface area contributed by atoms with Crippen LogP contribution in [-0.4, -0.2) is 25.7 Å². The van der Waals surface area contributed by atoms with Crippen molar-refractivity contribution in [3.63, 3.8) is 0 Å². The maximum absolute atomic E-state index is 12.9. The van der Waals surface area contributed by atoms with Gasteiger partial charge in [-0.05, 0) is 36.2 Å². The van der Waals surface area contributed by atoms with Crippen LogP contribution in [0.25, 0.3) is 0 Å². The summed E-state index contributed by atoms with van der Waals surface area (Å²) >= 11 is 5.81. The van der Waals surface area contributed by atoms with Gasteiger partial charge >= 0.3 is 6.03 Å². The predicted octanol–water partition coefficient (Wildman–Crippen LogP) is 3.40. The molecule has 0 saturated carbocycles. The van der Waals surface area contributed by atoms with Gasteiger partial charge in [-0.3, -0.25) is 0 Å². The summed E-state index contributed by atoms with van der Waals surface area (Å²) in [5, 5.41) is 6.12. The van der Waals surface area contributed by atoms with Crippen molar-refractivity contribution in [2.75, 3.05) is 19.7 Å². The van der Waals surface area contributed by atoms with Crippen LogP contribution in [0.1, 0.15) is 5.56 Å². The summed E-state index contributed by atoms with van der Waals surface area (Å²) in [5.74, 6) is 0.0883. The van der Waals surface area contributed by atoms with Crippen molar-refractivity contribution in [2.45, 2.75) is 6.42 Å². The molecule has 0 unspecified atom stereocenters. The molecule has 0 spiro atoms. The quantitative estimate of drug-likeness (QED) is 0.761. The van der Waals surface area contributed by atoms with E-state index in [0.717, 1.165) is 12.0 Å². The minimum atomic E-state index is -0.351. The highest BCUT2D eigenvalue weighted by Crippen LogP contribution is 2.11. The van der Waals surface area contributed by atoms with Crippen LogP contribution in [0.2, 0.25) is 5.02 Å². The Kier molecular flexibility index (Phi) is 6.69. The average Bonchev–Trinajstić information content (AvgIpc) is 2.54. The van der Waals surface area contributed by atoms with Gasteiger partial charge in [0.2, 0.25) is 0 Å². The fraction of sp³-hybridized carbons (Fsp3) is 0.235. The second-order valence-electron chi connectivity index (χ2n) is 4.86. The van der Waals surface area contributed by atoms with Crippen LogP contribution in [0, 0.1) is 5.82 Å². The minimum Gasteiger partial charge on any atom is -0.492 e. The molecule has 2 N–H and O–H groups in total. The average molecular weight is 337 g/mol. The Bertz CT molecular complexity index is 635. The highest BCUT2D eigenvalue weighted by Gasteiger charge is 2.01. The number of amides is 2. The van der Waals surface area contributed by atoms with Gasteiger partial charge in [-0.2, -0.15) is 0 Å². The Labute approximate surface area is 139 Å². The highest BCUT2D eigenvalue weighted by molar-refractivity contribution is 6.30. The second kappa shape index (κ2) is 9.00. The molecule has 2 aromatic rings. The van der Waals surface area contributed by atoms with Crippen LogP contribution in [0.5, 0.6) is 5.75 Å². The molecular formula is C17H18ClFN2O2. The van der Waals surface area contributed by atoms with E-state index in [1.165, 1.54) is 12.1 Å². The number of nitrogens with one attached hydrogen (secondary N) is 2. The summed E-state index contributed by atoms with van der Waals surface area (Å²) in [4.78, 5) is 11.6. The summed E-state index contributed by atoms with van der Waals surface area (Å²) in [6.45, 7) is 1.13. The van der Waals surface area contributed by atoms with Crippen molar-refractivity contribution >= 4 is 17.6 Å². The normalized spacial score (nSPS) is 10.2. The molecule has 122 valence electrons. The molecule has 2 rings (SSSR count). The molecule has 2 aromatic carbocycles. The van der Waals surface area contributed by atoms with Crippen LogP contribution in [0.15, 0.2) is 48.5 Å². The van der Waals surface area contributed by atoms with E-state index < -0.39 is 0 Å². The fourth-order valence-electron chi connectivity index (χ4n) is 1.92. The Morgan fingerprint density at radius 3 is 2.57 bits per heavy atom. The molecule has 0 radical (unpaired) electrons. The van der Waals surface area contributed by atoms with E-state index in [1.54, 1.807) is 12.1 Å². The first kappa shape index (κ1) is 17.1. The number of carbonyl (C=O) groups excluding carboxylic acids is 1. The number of hydrogen-bond acceptors (Lipinski definition) is 2. The summed E-state index contributed by atoms with van der Waals surface area (Å²) in [5.41, 5.74) is 1.10. The second-order valence-corrected chi connectivity index (χ2v) is 5.30. The summed E-state index contributed by atoms with van der Waals surface area (Å²) in [6, 6.07) is 13.1. The largest absolute Gasteiger partial charge is 0.492 e. The van der Waals surface area contributed by atoms with Crippen LogP contribution in [0.4, 0.5) is 9.18 Å². The van der Waals surface area contributed by atoms with Gasteiger partial charge in [0.15, 0.2) is 0 Å². The SMILES string of the molecule is O=C(NCCOc1cccc(F)c1)NCCc1ccc(Cl)cc1. The third kappa shape index (κ3) is 6.57. The van der Waals surface area contributed by atoms with Crippen molar-refractivity contribution in [2.24, 2.45) is 0 Å². The lowest BCUT2D eigenvalue weighted by molar-refractivity contribution is 0.236. The van der Waals surface area contributed by atoms with Crippen LogP contribution in [0.3, 0.4) is 0 Å². The first-order valence-corrected chi connectivity index (χ1v) is 7.66. The molecule has 0 bridgehead atoms. The molecule has 6 heteroatoms. The molecule has 0 atom stereocenters. The van der Waals surface area contributed by atoms with Gasteiger partial charge < -0.3 is 15.4 Å². The zero-order valence-corrected chi connectivity index (χ0v) is 13.3. The van der Waals surface area contributed by atoms with E-state index in [-0.39, 0.29) is 18.5 Å². The van der Waals surface area contributed by atoms with Crippen molar-refractivity contribution in [1.82, 2.24) is 10.6 Å². The molecule has 0 aliphatic carbocycles. The third-order valence-corrected chi connectivity index (χ3v) is 3.32. The number of halogens is 2. The van der Waals surface area contributed by atoms with Crippen molar-refractivity contribution in [3.8, 4) is 5.75 Å². The molecular weight excluding hydrogens is 319 g/mol. The third-order valence-electron chi connectivity index (χ3n) is 3.06. The van der Waals surface area contributed by atoms with E-state index in [2.05, 4.69) is 10.6 Å². The molecule has 2 amide bonds. The number of rotatable bonds is 7. The molecule has 0 fully saturated rings. The van der Waals surface area contributed by atoms with Crippen LogP contribution < -0.4 is 15.4 Å². The van der Waals surface area contributed by atoms with E-state index in [0.29, 0.717) is 23.9 Å². The number of urea groups is 1. The summed E-state index contributed by atoms with van der Waals surface area (Å²) < 4.78 is 18.3. The lowest BCUT2D eigenvalue weighted by atomic mass is 10.1. The molecule has 0 heterocycles. The lowest BCUT2D eigenvalue weighted by Gasteiger charge is -2.09. The van der Waals surface area contributed by atoms with Gasteiger partial charge in [0.05, 0.1) is 6.54 Å². The number of hydrogen-bond donors (Lipinski definition) is 2. The Morgan fingerprint density at radius 1 is 1.09 bits per heavy atom. The van der Waals surface area contributed by atoms with Gasteiger partial charge in [-0.25, -0.2) is 9.18 Å². The number of carbonyl (C=O) groups is 1. The van der Waals surface area contributed by atoms with Gasteiger partial charge in [-0.1, -0.05) is 29.8 Å². The molecule has 0 aliphatic heterocycles. The highest BCUT2D eigenvalue weighted by atomic mass is 35.5. The van der Waals surface area contributed by atoms with Gasteiger partial charge in [0.1, 0.15) is 18.2 Å². The van der Waals surface area contributed by atoms with E-state index >= 15 is 0 Å². The van der Waals surface area contributed by atoms with Crippen LogP contribution in [-0.2, 0) is 6.42 Å². The number of ether oxygens (including phenoxy) is 1. The molecule has 0 aliphatic rings. The number of benzene rings is 2. The molecule has 0 saturated heterocycles. The molecule has 23 heavy (non-hydrogen) atoms. The van der Waals surface area contributed by atoms with E-state index in [1.807, 2.05) is 24.3 Å². The Hall–Kier alpha value is -2.27. The van der Waals surface area contributed by atoms with Crippen molar-refractivity contribution in [3.05, 3.63) is 64.9 Å². The predicted molar refractivity (Wildman–Crippen MR) is 88.5 cm³/mol. The van der Waals surface area contributed by atoms with Gasteiger partial charge in [-0.15, -0.1) is 0 Å². The van der Waals surface area contributed by atoms with Gasteiger partial charge in [0.25, 0.3) is 0 Å². The van der Waals surface area contributed by atoms with Crippen LogP contribution >= 0.6 is 11.6 Å². The summed E-state index contributed by atoms with van der Waals surface area (Å²) in [7, 11) is 0. The van der Waals surface area contributed by atoms with E-state index in [4.69, 9.17) is 16.3 Å². The Morgan fingerprint density at radius 2 is 1.83 bits per heavy atom. The smallest absolute Gasteiger partial charge is 0.314 e. The zero-order valence-electron chi connectivity index (χ0n) is 12.5. The summed E-state index contributed by atoms with van der Waals surface area (Å²) in [6.07, 6.45) is 0.727.